The van der Waals surface area contributed by atoms with E-state index in [0.717, 1.165) is 0 Å². The van der Waals surface area contributed by atoms with Gasteiger partial charge >= 0.3 is 0 Å². The monoisotopic (exact) mass is 301 g/mol. The van der Waals surface area contributed by atoms with Gasteiger partial charge in [0.25, 0.3) is 5.91 Å². The van der Waals surface area contributed by atoms with Crippen molar-refractivity contribution < 1.29 is 18.7 Å². The van der Waals surface area contributed by atoms with Gasteiger partial charge in [-0.15, -0.1) is 0 Å². The lowest BCUT2D eigenvalue weighted by Crippen LogP contribution is -2.32. The highest BCUT2D eigenvalue weighted by Gasteiger charge is 2.24. The molecule has 4 nitrogen and oxygen atoms in total. The minimum atomic E-state index is -0.340. The number of carbonyl (C=O) groups excluding carboxylic acids is 1. The number of benzene rings is 2. The van der Waals surface area contributed by atoms with Crippen molar-refractivity contribution in [3.8, 4) is 11.5 Å². The van der Waals surface area contributed by atoms with Crippen LogP contribution in [0.5, 0.6) is 11.5 Å². The van der Waals surface area contributed by atoms with Gasteiger partial charge in [0.05, 0.1) is 19.8 Å². The Balaban J connectivity index is 1.78. The van der Waals surface area contributed by atoms with E-state index in [0.29, 0.717) is 35.7 Å². The molecule has 1 unspecified atom stereocenters. The minimum Gasteiger partial charge on any atom is -0.497 e. The van der Waals surface area contributed by atoms with Gasteiger partial charge in [-0.2, -0.15) is 0 Å². The highest BCUT2D eigenvalue weighted by molar-refractivity contribution is 5.94. The largest absolute Gasteiger partial charge is 0.497 e. The molecular formula is C17H16FNO3. The van der Waals surface area contributed by atoms with Crippen LogP contribution in [0.2, 0.25) is 0 Å². The molecule has 2 aromatic rings. The lowest BCUT2D eigenvalue weighted by molar-refractivity contribution is 0.0924. The number of hydrogen-bond donors (Lipinski definition) is 1. The fourth-order valence-electron chi connectivity index (χ4n) is 2.50. The van der Waals surface area contributed by atoms with Crippen LogP contribution in [0.15, 0.2) is 42.5 Å². The topological polar surface area (TPSA) is 47.6 Å². The zero-order valence-corrected chi connectivity index (χ0v) is 12.1. The summed E-state index contributed by atoms with van der Waals surface area (Å²) >= 11 is 0. The zero-order valence-electron chi connectivity index (χ0n) is 12.1. The van der Waals surface area contributed by atoms with Crippen molar-refractivity contribution in [2.45, 2.75) is 12.5 Å². The Morgan fingerprint density at radius 1 is 1.27 bits per heavy atom. The number of carbonyl (C=O) groups is 1. The maximum atomic E-state index is 13.4. The fourth-order valence-corrected chi connectivity index (χ4v) is 2.50. The lowest BCUT2D eigenvalue weighted by atomic mass is 10.00. The predicted octanol–water partition coefficient (Wildman–Crippen LogP) is 3.09. The molecule has 0 fully saturated rings. The molecule has 114 valence electrons. The molecule has 0 radical (unpaired) electrons. The Morgan fingerprint density at radius 3 is 2.77 bits per heavy atom. The summed E-state index contributed by atoms with van der Waals surface area (Å²) < 4.78 is 24.0. The highest BCUT2D eigenvalue weighted by atomic mass is 19.1. The molecule has 0 saturated heterocycles. The number of amides is 1. The van der Waals surface area contributed by atoms with Crippen LogP contribution in [0.3, 0.4) is 0 Å². The summed E-state index contributed by atoms with van der Waals surface area (Å²) in [5, 5.41) is 2.93. The first-order valence-electron chi connectivity index (χ1n) is 7.04. The van der Waals surface area contributed by atoms with Gasteiger partial charge in [-0.25, -0.2) is 4.39 Å². The number of rotatable bonds is 3. The van der Waals surface area contributed by atoms with Crippen LogP contribution >= 0.6 is 0 Å². The van der Waals surface area contributed by atoms with Crippen LogP contribution in [0.25, 0.3) is 0 Å². The average molecular weight is 301 g/mol. The molecule has 1 atom stereocenters. The molecular weight excluding hydrogens is 285 g/mol. The standard InChI is InChI=1S/C17H16FNO3/c1-21-13-5-2-11(3-6-13)17(20)19-15-8-9-22-16-7-4-12(18)10-14(15)16/h2-7,10,15H,8-9H2,1H3,(H,19,20). The van der Waals surface area contributed by atoms with E-state index in [4.69, 9.17) is 9.47 Å². The first-order chi connectivity index (χ1) is 10.7. The molecule has 1 aliphatic heterocycles. The van der Waals surface area contributed by atoms with Gasteiger partial charge in [0.15, 0.2) is 0 Å². The molecule has 22 heavy (non-hydrogen) atoms. The summed E-state index contributed by atoms with van der Waals surface area (Å²) in [5.74, 6) is 0.764. The van der Waals surface area contributed by atoms with E-state index in [9.17, 15) is 9.18 Å². The molecule has 0 spiro atoms. The van der Waals surface area contributed by atoms with Crippen LogP contribution in [0, 0.1) is 5.82 Å². The number of nitrogens with one attached hydrogen (secondary N) is 1. The summed E-state index contributed by atoms with van der Waals surface area (Å²) in [6.07, 6.45) is 0.609. The van der Waals surface area contributed by atoms with Crippen LogP contribution in [0.1, 0.15) is 28.4 Å². The van der Waals surface area contributed by atoms with E-state index < -0.39 is 0 Å². The Labute approximate surface area is 127 Å². The third-order valence-corrected chi connectivity index (χ3v) is 3.67. The van der Waals surface area contributed by atoms with Crippen LogP contribution < -0.4 is 14.8 Å². The summed E-state index contributed by atoms with van der Waals surface area (Å²) in [6.45, 7) is 0.492. The van der Waals surface area contributed by atoms with Gasteiger partial charge in [-0.05, 0) is 42.5 Å². The molecule has 3 rings (SSSR count). The second-order valence-electron chi connectivity index (χ2n) is 5.07. The number of methoxy groups -OCH3 is 1. The van der Waals surface area contributed by atoms with Gasteiger partial charge in [0.2, 0.25) is 0 Å². The zero-order chi connectivity index (χ0) is 15.5. The number of halogens is 1. The predicted molar refractivity (Wildman–Crippen MR) is 79.7 cm³/mol. The smallest absolute Gasteiger partial charge is 0.251 e. The maximum absolute atomic E-state index is 13.4. The second-order valence-corrected chi connectivity index (χ2v) is 5.07. The number of ether oxygens (including phenoxy) is 2. The second kappa shape index (κ2) is 6.05. The Kier molecular flexibility index (Phi) is 3.96. The van der Waals surface area contributed by atoms with Crippen molar-refractivity contribution in [1.82, 2.24) is 5.32 Å². The Hall–Kier alpha value is -2.56. The van der Waals surface area contributed by atoms with E-state index in [1.165, 1.54) is 12.1 Å². The van der Waals surface area contributed by atoms with Crippen LogP contribution in [-0.4, -0.2) is 19.6 Å². The van der Waals surface area contributed by atoms with Crippen LogP contribution in [-0.2, 0) is 0 Å². The molecule has 1 N–H and O–H groups in total. The molecule has 1 aliphatic rings. The van der Waals surface area contributed by atoms with Crippen molar-refractivity contribution in [3.63, 3.8) is 0 Å². The van der Waals surface area contributed by atoms with E-state index in [2.05, 4.69) is 5.32 Å². The molecule has 1 amide bonds. The van der Waals surface area contributed by atoms with Crippen molar-refractivity contribution in [3.05, 3.63) is 59.4 Å². The lowest BCUT2D eigenvalue weighted by Gasteiger charge is -2.26. The quantitative estimate of drug-likeness (QED) is 0.947. The normalized spacial score (nSPS) is 16.4. The first-order valence-corrected chi connectivity index (χ1v) is 7.04. The summed E-state index contributed by atoms with van der Waals surface area (Å²) in [7, 11) is 1.57. The Bertz CT molecular complexity index is 685. The summed E-state index contributed by atoms with van der Waals surface area (Å²) in [4.78, 5) is 12.3. The average Bonchev–Trinajstić information content (AvgIpc) is 2.55. The molecule has 0 aromatic heterocycles. The maximum Gasteiger partial charge on any atom is 0.251 e. The van der Waals surface area contributed by atoms with E-state index in [1.807, 2.05) is 0 Å². The fraction of sp³-hybridized carbons (Fsp3) is 0.235. The number of fused-ring (bicyclic) bond motifs is 1. The molecule has 2 aromatic carbocycles. The Morgan fingerprint density at radius 2 is 2.05 bits per heavy atom. The van der Waals surface area contributed by atoms with Gasteiger partial charge in [-0.3, -0.25) is 4.79 Å². The molecule has 1 heterocycles. The molecule has 0 bridgehead atoms. The molecule has 0 saturated carbocycles. The molecule has 5 heteroatoms. The minimum absolute atomic E-state index is 0.204. The number of hydrogen-bond acceptors (Lipinski definition) is 3. The van der Waals surface area contributed by atoms with Crippen molar-refractivity contribution in [1.29, 1.82) is 0 Å². The molecule has 0 aliphatic carbocycles. The van der Waals surface area contributed by atoms with Crippen molar-refractivity contribution >= 4 is 5.91 Å². The van der Waals surface area contributed by atoms with Gasteiger partial charge < -0.3 is 14.8 Å². The van der Waals surface area contributed by atoms with Crippen LogP contribution in [0.4, 0.5) is 4.39 Å². The third kappa shape index (κ3) is 2.88. The highest BCUT2D eigenvalue weighted by Crippen LogP contribution is 2.32. The van der Waals surface area contributed by atoms with Gasteiger partial charge in [-0.1, -0.05) is 0 Å². The van der Waals surface area contributed by atoms with Gasteiger partial charge in [0.1, 0.15) is 17.3 Å². The summed E-state index contributed by atoms with van der Waals surface area (Å²) in [5.41, 5.74) is 1.21. The van der Waals surface area contributed by atoms with Gasteiger partial charge in [0, 0.05) is 17.5 Å². The van der Waals surface area contributed by atoms with E-state index in [1.54, 1.807) is 37.4 Å². The van der Waals surface area contributed by atoms with E-state index in [-0.39, 0.29) is 17.8 Å². The summed E-state index contributed by atoms with van der Waals surface area (Å²) in [6, 6.07) is 10.9. The third-order valence-electron chi connectivity index (χ3n) is 3.67. The van der Waals surface area contributed by atoms with E-state index >= 15 is 0 Å². The SMILES string of the molecule is COc1ccc(C(=O)NC2CCOc3ccc(F)cc32)cc1. The van der Waals surface area contributed by atoms with Crippen molar-refractivity contribution in [2.24, 2.45) is 0 Å². The first kappa shape index (κ1) is 14.4. The van der Waals surface area contributed by atoms with Crippen molar-refractivity contribution in [2.75, 3.05) is 13.7 Å².